The Balaban J connectivity index is 2.41. The molecule has 3 N–H and O–H groups in total. The van der Waals surface area contributed by atoms with Gasteiger partial charge in [-0.2, -0.15) is 0 Å². The van der Waals surface area contributed by atoms with Crippen molar-refractivity contribution in [2.45, 2.75) is 11.8 Å². The average molecular weight is 281 g/mol. The van der Waals surface area contributed by atoms with Gasteiger partial charge in [-0.1, -0.05) is 6.07 Å². The van der Waals surface area contributed by atoms with Gasteiger partial charge in [0.05, 0.1) is 17.6 Å². The maximum Gasteiger partial charge on any atom is 0.266 e. The number of nitrogens with one attached hydrogen (secondary N) is 1. The summed E-state index contributed by atoms with van der Waals surface area (Å²) >= 11 is 0. The van der Waals surface area contributed by atoms with Gasteiger partial charge in [-0.3, -0.25) is 9.71 Å². The van der Waals surface area contributed by atoms with E-state index in [0.29, 0.717) is 0 Å². The fourth-order valence-electron chi connectivity index (χ4n) is 1.54. The number of hydrogen-bond acceptors (Lipinski definition) is 4. The quantitative estimate of drug-likeness (QED) is 0.842. The molecule has 0 saturated heterocycles. The third-order valence-electron chi connectivity index (χ3n) is 2.43. The summed E-state index contributed by atoms with van der Waals surface area (Å²) < 4.78 is 40.0. The standard InChI is InChI=1S/C12H12FN3O2S/c1-8-5-6-9(7-15-8)16-19(17,18)12-10(13)3-2-4-11(12)14/h2-7,16H,14H2,1H3. The number of anilines is 2. The van der Waals surface area contributed by atoms with Crippen LogP contribution in [-0.4, -0.2) is 13.4 Å². The molecule has 2 aromatic rings. The van der Waals surface area contributed by atoms with Crippen LogP contribution in [-0.2, 0) is 10.0 Å². The van der Waals surface area contributed by atoms with E-state index < -0.39 is 20.7 Å². The Labute approximate surface area is 110 Å². The predicted molar refractivity (Wildman–Crippen MR) is 70.6 cm³/mol. The topological polar surface area (TPSA) is 85.1 Å². The summed E-state index contributed by atoms with van der Waals surface area (Å²) in [4.78, 5) is 3.39. The van der Waals surface area contributed by atoms with Gasteiger partial charge in [-0.15, -0.1) is 0 Å². The molecule has 0 bridgehead atoms. The van der Waals surface area contributed by atoms with Crippen molar-refractivity contribution < 1.29 is 12.8 Å². The molecule has 0 aliphatic rings. The van der Waals surface area contributed by atoms with E-state index in [1.165, 1.54) is 24.4 Å². The van der Waals surface area contributed by atoms with Gasteiger partial charge in [0.25, 0.3) is 10.0 Å². The fraction of sp³-hybridized carbons (Fsp3) is 0.0833. The van der Waals surface area contributed by atoms with E-state index >= 15 is 0 Å². The Bertz CT molecular complexity index is 679. The van der Waals surface area contributed by atoms with Gasteiger partial charge < -0.3 is 5.73 Å². The van der Waals surface area contributed by atoms with E-state index in [-0.39, 0.29) is 11.4 Å². The van der Waals surface area contributed by atoms with Crippen molar-refractivity contribution in [2.24, 2.45) is 0 Å². The number of nitrogen functional groups attached to an aromatic ring is 1. The van der Waals surface area contributed by atoms with Crippen LogP contribution >= 0.6 is 0 Å². The zero-order chi connectivity index (χ0) is 14.0. The van der Waals surface area contributed by atoms with Crippen LogP contribution in [0.2, 0.25) is 0 Å². The number of benzene rings is 1. The van der Waals surface area contributed by atoms with Gasteiger partial charge in [0, 0.05) is 5.69 Å². The van der Waals surface area contributed by atoms with Crippen LogP contribution < -0.4 is 10.5 Å². The number of aromatic nitrogens is 1. The lowest BCUT2D eigenvalue weighted by Crippen LogP contribution is -2.16. The van der Waals surface area contributed by atoms with E-state index in [0.717, 1.165) is 11.8 Å². The van der Waals surface area contributed by atoms with Gasteiger partial charge in [0.1, 0.15) is 10.7 Å². The number of halogens is 1. The summed E-state index contributed by atoms with van der Waals surface area (Å²) in [5, 5.41) is 0. The monoisotopic (exact) mass is 281 g/mol. The van der Waals surface area contributed by atoms with Gasteiger partial charge in [0.15, 0.2) is 0 Å². The van der Waals surface area contributed by atoms with E-state index in [1.807, 2.05) is 0 Å². The molecule has 0 fully saturated rings. The summed E-state index contributed by atoms with van der Waals surface area (Å²) in [6.45, 7) is 1.77. The third kappa shape index (κ3) is 2.82. The Morgan fingerprint density at radius 2 is 2.00 bits per heavy atom. The fourth-order valence-corrected chi connectivity index (χ4v) is 2.78. The lowest BCUT2D eigenvalue weighted by molar-refractivity contribution is 0.572. The van der Waals surface area contributed by atoms with E-state index in [1.54, 1.807) is 13.0 Å². The summed E-state index contributed by atoms with van der Waals surface area (Å²) in [7, 11) is -4.08. The van der Waals surface area contributed by atoms with E-state index in [4.69, 9.17) is 5.73 Å². The second-order valence-electron chi connectivity index (χ2n) is 3.95. The number of rotatable bonds is 3. The molecular formula is C12H12FN3O2S. The lowest BCUT2D eigenvalue weighted by Gasteiger charge is -2.10. The van der Waals surface area contributed by atoms with Crippen molar-refractivity contribution >= 4 is 21.4 Å². The number of pyridine rings is 1. The minimum Gasteiger partial charge on any atom is -0.398 e. The Morgan fingerprint density at radius 1 is 1.26 bits per heavy atom. The number of hydrogen-bond donors (Lipinski definition) is 2. The first-order valence-corrected chi connectivity index (χ1v) is 6.88. The first kappa shape index (κ1) is 13.3. The Morgan fingerprint density at radius 3 is 2.58 bits per heavy atom. The van der Waals surface area contributed by atoms with Crippen molar-refractivity contribution in [1.29, 1.82) is 0 Å². The molecule has 19 heavy (non-hydrogen) atoms. The number of sulfonamides is 1. The maximum absolute atomic E-state index is 13.6. The van der Waals surface area contributed by atoms with Crippen molar-refractivity contribution in [3.63, 3.8) is 0 Å². The summed E-state index contributed by atoms with van der Waals surface area (Å²) in [6.07, 6.45) is 1.35. The van der Waals surface area contributed by atoms with Gasteiger partial charge >= 0.3 is 0 Å². The highest BCUT2D eigenvalue weighted by atomic mass is 32.2. The van der Waals surface area contributed by atoms with E-state index in [2.05, 4.69) is 9.71 Å². The molecule has 1 aromatic carbocycles. The Kier molecular flexibility index (Phi) is 3.39. The third-order valence-corrected chi connectivity index (χ3v) is 3.90. The Hall–Kier alpha value is -2.15. The number of nitrogens with two attached hydrogens (primary N) is 1. The maximum atomic E-state index is 13.6. The highest BCUT2D eigenvalue weighted by Crippen LogP contribution is 2.24. The number of aryl methyl sites for hydroxylation is 1. The van der Waals surface area contributed by atoms with Crippen molar-refractivity contribution in [1.82, 2.24) is 4.98 Å². The van der Waals surface area contributed by atoms with E-state index in [9.17, 15) is 12.8 Å². The molecule has 7 heteroatoms. The van der Waals surface area contributed by atoms with Crippen LogP contribution in [0.15, 0.2) is 41.4 Å². The van der Waals surface area contributed by atoms with Crippen LogP contribution in [0.1, 0.15) is 5.69 Å². The molecular weight excluding hydrogens is 269 g/mol. The molecule has 0 unspecified atom stereocenters. The molecule has 0 saturated carbocycles. The molecule has 0 aliphatic carbocycles. The first-order valence-electron chi connectivity index (χ1n) is 5.39. The molecule has 0 aliphatic heterocycles. The molecule has 1 heterocycles. The number of nitrogens with zero attached hydrogens (tertiary/aromatic N) is 1. The molecule has 1 aromatic heterocycles. The minimum absolute atomic E-state index is 0.146. The smallest absolute Gasteiger partial charge is 0.266 e. The van der Waals surface area contributed by atoms with Gasteiger partial charge in [-0.25, -0.2) is 12.8 Å². The summed E-state index contributed by atoms with van der Waals surface area (Å²) in [6, 6.07) is 6.89. The minimum atomic E-state index is -4.08. The van der Waals surface area contributed by atoms with Gasteiger partial charge in [0.2, 0.25) is 0 Å². The second kappa shape index (κ2) is 4.85. The molecule has 0 amide bonds. The molecule has 2 rings (SSSR count). The highest BCUT2D eigenvalue weighted by molar-refractivity contribution is 7.92. The van der Waals surface area contributed by atoms with Gasteiger partial charge in [-0.05, 0) is 31.2 Å². The molecule has 0 atom stereocenters. The SMILES string of the molecule is Cc1ccc(NS(=O)(=O)c2c(N)cccc2F)cn1. The van der Waals surface area contributed by atoms with Crippen LogP contribution in [0.25, 0.3) is 0 Å². The van der Waals surface area contributed by atoms with Crippen LogP contribution in [0.5, 0.6) is 0 Å². The van der Waals surface area contributed by atoms with Crippen molar-refractivity contribution in [2.75, 3.05) is 10.5 Å². The second-order valence-corrected chi connectivity index (χ2v) is 5.57. The first-order chi connectivity index (χ1) is 8.90. The largest absolute Gasteiger partial charge is 0.398 e. The highest BCUT2D eigenvalue weighted by Gasteiger charge is 2.22. The molecule has 5 nitrogen and oxygen atoms in total. The van der Waals surface area contributed by atoms with Crippen LogP contribution in [0.3, 0.4) is 0 Å². The normalized spacial score (nSPS) is 11.3. The van der Waals surface area contributed by atoms with Crippen molar-refractivity contribution in [3.8, 4) is 0 Å². The van der Waals surface area contributed by atoms with Crippen molar-refractivity contribution in [3.05, 3.63) is 48.0 Å². The zero-order valence-corrected chi connectivity index (χ0v) is 10.9. The van der Waals surface area contributed by atoms with Crippen LogP contribution in [0, 0.1) is 12.7 Å². The molecule has 0 radical (unpaired) electrons. The zero-order valence-electron chi connectivity index (χ0n) is 10.1. The average Bonchev–Trinajstić information content (AvgIpc) is 2.31. The summed E-state index contributed by atoms with van der Waals surface area (Å²) in [5.41, 5.74) is 6.35. The molecule has 100 valence electrons. The lowest BCUT2D eigenvalue weighted by atomic mass is 10.3. The molecule has 0 spiro atoms. The van der Waals surface area contributed by atoms with Crippen LogP contribution in [0.4, 0.5) is 15.8 Å². The predicted octanol–water partition coefficient (Wildman–Crippen LogP) is 1.91. The summed E-state index contributed by atoms with van der Waals surface area (Å²) in [5.74, 6) is -0.896.